The molecule has 0 spiro atoms. The maximum absolute atomic E-state index is 12.7. The Balaban J connectivity index is 2.05. The van der Waals surface area contributed by atoms with E-state index in [1.807, 2.05) is 42.7 Å². The van der Waals surface area contributed by atoms with Crippen LogP contribution in [0.15, 0.2) is 53.5 Å². The van der Waals surface area contributed by atoms with E-state index < -0.39 is 17.6 Å². The molecule has 1 heterocycles. The molecule has 0 saturated carbocycles. The van der Waals surface area contributed by atoms with Crippen molar-refractivity contribution in [2.75, 3.05) is 0 Å². The van der Waals surface area contributed by atoms with Crippen LogP contribution in [0.5, 0.6) is 0 Å². The molecule has 26 heavy (non-hydrogen) atoms. The fourth-order valence-corrected chi connectivity index (χ4v) is 3.75. The van der Waals surface area contributed by atoms with Gasteiger partial charge in [0, 0.05) is 11.6 Å². The normalized spacial score (nSPS) is 14.0. The molecule has 1 amide bonds. The second-order valence-corrected chi connectivity index (χ2v) is 6.98. The minimum Gasteiger partial charge on any atom is -0.314 e. The number of hydrogen-bond donors (Lipinski definition) is 0. The van der Waals surface area contributed by atoms with E-state index in [-0.39, 0.29) is 11.6 Å². The monoisotopic (exact) mass is 378 g/mol. The van der Waals surface area contributed by atoms with Gasteiger partial charge in [-0.25, -0.2) is 0 Å². The number of hydrogen-bond acceptors (Lipinski definition) is 2. The minimum absolute atomic E-state index is 0.131. The van der Waals surface area contributed by atoms with Crippen molar-refractivity contribution in [1.29, 1.82) is 0 Å². The van der Waals surface area contributed by atoms with E-state index in [1.54, 1.807) is 0 Å². The average Bonchev–Trinajstić information content (AvgIpc) is 2.98. The number of fused-ring (bicyclic) bond motifs is 1. The zero-order valence-corrected chi connectivity index (χ0v) is 15.1. The van der Waals surface area contributed by atoms with Gasteiger partial charge < -0.3 is 4.57 Å². The summed E-state index contributed by atoms with van der Waals surface area (Å²) in [4.78, 5) is 17.2. The van der Waals surface area contributed by atoms with Crippen LogP contribution in [0.3, 0.4) is 0 Å². The lowest BCUT2D eigenvalue weighted by atomic mass is 10.1. The van der Waals surface area contributed by atoms with Crippen molar-refractivity contribution in [2.24, 2.45) is 4.99 Å². The van der Waals surface area contributed by atoms with E-state index in [0.717, 1.165) is 40.9 Å². The zero-order valence-electron chi connectivity index (χ0n) is 14.2. The number of rotatable bonds is 3. The summed E-state index contributed by atoms with van der Waals surface area (Å²) in [6, 6.07) is 12.0. The number of carbonyl (C=O) groups excluding carboxylic acids is 1. The molecule has 0 radical (unpaired) electrons. The number of para-hydroxylation sites is 1. The second kappa shape index (κ2) is 7.07. The Morgan fingerprint density at radius 3 is 2.42 bits per heavy atom. The highest BCUT2D eigenvalue weighted by Crippen LogP contribution is 2.29. The van der Waals surface area contributed by atoms with Gasteiger partial charge in [-0.3, -0.25) is 4.79 Å². The van der Waals surface area contributed by atoms with E-state index in [9.17, 15) is 18.0 Å². The number of benzene rings is 2. The number of nitrogens with zero attached hydrogens (tertiary/aromatic N) is 2. The largest absolute Gasteiger partial charge is 0.416 e. The molecular weight excluding hydrogens is 361 g/mol. The fourth-order valence-electron chi connectivity index (χ4n) is 2.63. The maximum atomic E-state index is 12.7. The molecule has 0 aliphatic rings. The number of alkyl halides is 3. The minimum atomic E-state index is -4.43. The molecule has 2 aromatic carbocycles. The molecule has 0 bridgehead atoms. The Hall–Kier alpha value is -2.41. The van der Waals surface area contributed by atoms with E-state index in [0.29, 0.717) is 4.80 Å². The molecule has 0 fully saturated rings. The first-order valence-corrected chi connectivity index (χ1v) is 8.99. The smallest absolute Gasteiger partial charge is 0.314 e. The van der Waals surface area contributed by atoms with Gasteiger partial charge in [0.1, 0.15) is 0 Å². The molecule has 0 aliphatic heterocycles. The van der Waals surface area contributed by atoms with Crippen molar-refractivity contribution < 1.29 is 18.0 Å². The van der Waals surface area contributed by atoms with Crippen LogP contribution in [0, 0.1) is 0 Å². The first kappa shape index (κ1) is 18.4. The lowest BCUT2D eigenvalue weighted by molar-refractivity contribution is -0.137. The van der Waals surface area contributed by atoms with E-state index in [2.05, 4.69) is 4.99 Å². The number of aromatic nitrogens is 1. The van der Waals surface area contributed by atoms with Crippen LogP contribution >= 0.6 is 11.3 Å². The van der Waals surface area contributed by atoms with Crippen LogP contribution in [0.25, 0.3) is 10.2 Å². The van der Waals surface area contributed by atoms with Crippen LogP contribution in [0.4, 0.5) is 13.2 Å². The summed E-state index contributed by atoms with van der Waals surface area (Å²) in [5.74, 6) is -0.553. The Labute approximate surface area is 152 Å². The summed E-state index contributed by atoms with van der Waals surface area (Å²) in [6.07, 6.45) is -3.56. The SMILES string of the molecule is CCC(C)n1c(=NC(=O)c2ccc(C(F)(F)F)cc2)sc2ccccc21. The highest BCUT2D eigenvalue weighted by atomic mass is 32.1. The lowest BCUT2D eigenvalue weighted by Crippen LogP contribution is -2.20. The Kier molecular flexibility index (Phi) is 5.00. The Bertz CT molecular complexity index is 1000. The van der Waals surface area contributed by atoms with Crippen molar-refractivity contribution in [1.82, 2.24) is 4.57 Å². The predicted molar refractivity (Wildman–Crippen MR) is 96.2 cm³/mol. The summed E-state index contributed by atoms with van der Waals surface area (Å²) in [7, 11) is 0. The van der Waals surface area contributed by atoms with Gasteiger partial charge >= 0.3 is 6.18 Å². The first-order chi connectivity index (χ1) is 12.3. The van der Waals surface area contributed by atoms with Gasteiger partial charge in [0.05, 0.1) is 15.8 Å². The fraction of sp³-hybridized carbons (Fsp3) is 0.263. The van der Waals surface area contributed by atoms with Gasteiger partial charge in [-0.2, -0.15) is 18.2 Å². The van der Waals surface area contributed by atoms with Gasteiger partial charge in [-0.05, 0) is 49.7 Å². The van der Waals surface area contributed by atoms with Crippen molar-refractivity contribution >= 4 is 27.5 Å². The van der Waals surface area contributed by atoms with Crippen molar-refractivity contribution in [3.63, 3.8) is 0 Å². The molecule has 1 aromatic heterocycles. The summed E-state index contributed by atoms with van der Waals surface area (Å²) >= 11 is 1.39. The van der Waals surface area contributed by atoms with E-state index in [4.69, 9.17) is 0 Å². The molecular formula is C19H17F3N2OS. The van der Waals surface area contributed by atoms with Crippen LogP contribution in [-0.2, 0) is 6.18 Å². The predicted octanol–water partition coefficient (Wildman–Crippen LogP) is 5.43. The highest BCUT2D eigenvalue weighted by molar-refractivity contribution is 7.16. The lowest BCUT2D eigenvalue weighted by Gasteiger charge is -2.12. The first-order valence-electron chi connectivity index (χ1n) is 8.17. The van der Waals surface area contributed by atoms with Crippen LogP contribution in [0.2, 0.25) is 0 Å². The number of amides is 1. The molecule has 3 rings (SSSR count). The van der Waals surface area contributed by atoms with Gasteiger partial charge in [-0.15, -0.1) is 0 Å². The van der Waals surface area contributed by atoms with E-state index in [1.165, 1.54) is 11.3 Å². The summed E-state index contributed by atoms with van der Waals surface area (Å²) in [6.45, 7) is 4.09. The van der Waals surface area contributed by atoms with Gasteiger partial charge in [-0.1, -0.05) is 30.4 Å². The average molecular weight is 378 g/mol. The maximum Gasteiger partial charge on any atom is 0.416 e. The molecule has 3 nitrogen and oxygen atoms in total. The number of carbonyl (C=O) groups is 1. The third-order valence-corrected chi connectivity index (χ3v) is 5.26. The van der Waals surface area contributed by atoms with Crippen LogP contribution < -0.4 is 4.80 Å². The van der Waals surface area contributed by atoms with Crippen LogP contribution in [-0.4, -0.2) is 10.5 Å². The van der Waals surface area contributed by atoms with Crippen molar-refractivity contribution in [3.05, 3.63) is 64.5 Å². The third-order valence-electron chi connectivity index (χ3n) is 4.22. The quantitative estimate of drug-likeness (QED) is 0.598. The molecule has 3 aromatic rings. The van der Waals surface area contributed by atoms with Crippen LogP contribution in [0.1, 0.15) is 42.2 Å². The summed E-state index contributed by atoms with van der Waals surface area (Å²) in [5.41, 5.74) is 0.336. The number of halogens is 3. The van der Waals surface area contributed by atoms with Gasteiger partial charge in [0.15, 0.2) is 4.80 Å². The molecule has 0 aliphatic carbocycles. The molecule has 1 unspecified atom stereocenters. The van der Waals surface area contributed by atoms with Crippen molar-refractivity contribution in [2.45, 2.75) is 32.5 Å². The van der Waals surface area contributed by atoms with Gasteiger partial charge in [0.25, 0.3) is 5.91 Å². The van der Waals surface area contributed by atoms with Gasteiger partial charge in [0.2, 0.25) is 0 Å². The molecule has 0 N–H and O–H groups in total. The topological polar surface area (TPSA) is 34.4 Å². The highest BCUT2D eigenvalue weighted by Gasteiger charge is 2.30. The molecule has 136 valence electrons. The molecule has 1 atom stereocenters. The Morgan fingerprint density at radius 2 is 1.81 bits per heavy atom. The molecule has 0 saturated heterocycles. The van der Waals surface area contributed by atoms with E-state index >= 15 is 0 Å². The zero-order chi connectivity index (χ0) is 18.9. The number of thiazole rings is 1. The van der Waals surface area contributed by atoms with Crippen molar-refractivity contribution in [3.8, 4) is 0 Å². The molecule has 7 heteroatoms. The summed E-state index contributed by atoms with van der Waals surface area (Å²) < 4.78 is 41.0. The second-order valence-electron chi connectivity index (χ2n) is 5.97. The third kappa shape index (κ3) is 3.58. The summed E-state index contributed by atoms with van der Waals surface area (Å²) in [5, 5.41) is 0. The Morgan fingerprint density at radius 1 is 1.15 bits per heavy atom. The standard InChI is InChI=1S/C19H17F3N2OS/c1-3-12(2)24-15-6-4-5-7-16(15)26-18(24)23-17(25)13-8-10-14(11-9-13)19(20,21)22/h4-12H,3H2,1-2H3.